The largest absolute Gasteiger partial charge is 0.506 e. The van der Waals surface area contributed by atoms with Crippen molar-refractivity contribution in [1.29, 1.82) is 0 Å². The van der Waals surface area contributed by atoms with Gasteiger partial charge in [-0.2, -0.15) is 5.10 Å². The molecule has 2 aromatic rings. The molecule has 120 valence electrons. The molecule has 0 amide bonds. The Morgan fingerprint density at radius 2 is 2.22 bits per heavy atom. The van der Waals surface area contributed by atoms with Crippen LogP contribution in [-0.2, 0) is 6.54 Å². The minimum atomic E-state index is -0.306. The topological polar surface area (TPSA) is 78.7 Å². The van der Waals surface area contributed by atoms with Crippen LogP contribution >= 0.6 is 12.2 Å². The van der Waals surface area contributed by atoms with E-state index in [2.05, 4.69) is 22.4 Å². The zero-order valence-electron chi connectivity index (χ0n) is 12.7. The SMILES string of the molecule is C=CCNC(=S)N/N=C/c1c(O)c2ccccc2n(CC)c1=O. The number of nitrogens with zero attached hydrogens (tertiary/aromatic N) is 2. The molecule has 23 heavy (non-hydrogen) atoms. The number of aryl methyl sites for hydroxylation is 1. The lowest BCUT2D eigenvalue weighted by Crippen LogP contribution is -2.32. The summed E-state index contributed by atoms with van der Waals surface area (Å²) in [6, 6.07) is 7.19. The summed E-state index contributed by atoms with van der Waals surface area (Å²) in [5.41, 5.74) is 3.08. The van der Waals surface area contributed by atoms with E-state index >= 15 is 0 Å². The molecule has 0 unspecified atom stereocenters. The van der Waals surface area contributed by atoms with Gasteiger partial charge in [0.05, 0.1) is 11.7 Å². The Hall–Kier alpha value is -2.67. The van der Waals surface area contributed by atoms with Crippen molar-refractivity contribution in [3.63, 3.8) is 0 Å². The van der Waals surface area contributed by atoms with Gasteiger partial charge in [-0.05, 0) is 31.3 Å². The lowest BCUT2D eigenvalue weighted by Gasteiger charge is -2.11. The monoisotopic (exact) mass is 330 g/mol. The highest BCUT2D eigenvalue weighted by atomic mass is 32.1. The molecule has 1 aromatic heterocycles. The third kappa shape index (κ3) is 3.57. The molecule has 0 radical (unpaired) electrons. The van der Waals surface area contributed by atoms with E-state index in [-0.39, 0.29) is 16.9 Å². The van der Waals surface area contributed by atoms with E-state index in [1.807, 2.05) is 13.0 Å². The lowest BCUT2D eigenvalue weighted by molar-refractivity contribution is 0.478. The maximum absolute atomic E-state index is 12.5. The summed E-state index contributed by atoms with van der Waals surface area (Å²) in [6.45, 7) is 6.44. The standard InChI is InChI=1S/C16H18N4O2S/c1-3-9-17-16(23)19-18-10-12-14(21)11-7-5-6-8-13(11)20(4-2)15(12)22/h3,5-8,10,21H,1,4,9H2,2H3,(H2,17,19,23)/b18-10+. The van der Waals surface area contributed by atoms with Gasteiger partial charge < -0.3 is 15.0 Å². The van der Waals surface area contributed by atoms with E-state index in [9.17, 15) is 9.90 Å². The molecule has 0 aliphatic carbocycles. The van der Waals surface area contributed by atoms with Crippen molar-refractivity contribution in [3.05, 3.63) is 52.8 Å². The predicted octanol–water partition coefficient (Wildman–Crippen LogP) is 1.71. The number of nitrogens with one attached hydrogen (secondary N) is 2. The van der Waals surface area contributed by atoms with Crippen LogP contribution in [0.2, 0.25) is 0 Å². The van der Waals surface area contributed by atoms with Gasteiger partial charge in [-0.15, -0.1) is 6.58 Å². The molecule has 0 fully saturated rings. The molecular weight excluding hydrogens is 312 g/mol. The van der Waals surface area contributed by atoms with Crippen LogP contribution in [0.15, 0.2) is 46.8 Å². The number of para-hydroxylation sites is 1. The molecule has 0 bridgehead atoms. The normalized spacial score (nSPS) is 10.8. The van der Waals surface area contributed by atoms with Crippen LogP contribution in [0.4, 0.5) is 0 Å². The zero-order valence-corrected chi connectivity index (χ0v) is 13.6. The first-order chi connectivity index (χ1) is 11.1. The van der Waals surface area contributed by atoms with E-state index in [0.29, 0.717) is 29.1 Å². The molecule has 0 aliphatic heterocycles. The van der Waals surface area contributed by atoms with Gasteiger partial charge >= 0.3 is 0 Å². The van der Waals surface area contributed by atoms with Crippen LogP contribution in [0.3, 0.4) is 0 Å². The van der Waals surface area contributed by atoms with Gasteiger partial charge in [0.1, 0.15) is 11.3 Å². The van der Waals surface area contributed by atoms with Crippen molar-refractivity contribution in [1.82, 2.24) is 15.3 Å². The first kappa shape index (κ1) is 16.7. The van der Waals surface area contributed by atoms with E-state index in [4.69, 9.17) is 12.2 Å². The fourth-order valence-electron chi connectivity index (χ4n) is 2.20. The smallest absolute Gasteiger partial charge is 0.263 e. The van der Waals surface area contributed by atoms with E-state index < -0.39 is 0 Å². The van der Waals surface area contributed by atoms with Crippen LogP contribution in [0.5, 0.6) is 5.75 Å². The third-order valence-corrected chi connectivity index (χ3v) is 3.50. The molecule has 7 heteroatoms. The molecule has 2 rings (SSSR count). The van der Waals surface area contributed by atoms with Gasteiger partial charge in [0.15, 0.2) is 5.11 Å². The quantitative estimate of drug-likeness (QED) is 0.337. The van der Waals surface area contributed by atoms with Crippen molar-refractivity contribution in [2.75, 3.05) is 6.54 Å². The molecular formula is C16H18N4O2S. The highest BCUT2D eigenvalue weighted by Crippen LogP contribution is 2.25. The van der Waals surface area contributed by atoms with Gasteiger partial charge in [-0.25, -0.2) is 0 Å². The second-order valence-corrected chi connectivity index (χ2v) is 5.11. The molecule has 0 saturated heterocycles. The van der Waals surface area contributed by atoms with Crippen LogP contribution in [0.25, 0.3) is 10.9 Å². The molecule has 0 spiro atoms. The minimum absolute atomic E-state index is 0.0918. The third-order valence-electron chi connectivity index (χ3n) is 3.26. The summed E-state index contributed by atoms with van der Waals surface area (Å²) in [5.74, 6) is -0.0918. The van der Waals surface area contributed by atoms with Crippen molar-refractivity contribution in [2.24, 2.45) is 5.10 Å². The number of hydrazone groups is 1. The second kappa shape index (κ2) is 7.55. The predicted molar refractivity (Wildman–Crippen MR) is 97.1 cm³/mol. The summed E-state index contributed by atoms with van der Waals surface area (Å²) in [6.07, 6.45) is 2.94. The summed E-state index contributed by atoms with van der Waals surface area (Å²) in [5, 5.41) is 18.0. The number of aromatic hydroxyl groups is 1. The Morgan fingerprint density at radius 3 is 2.91 bits per heavy atom. The fraction of sp³-hybridized carbons (Fsp3) is 0.188. The minimum Gasteiger partial charge on any atom is -0.506 e. The fourth-order valence-corrected chi connectivity index (χ4v) is 2.34. The Labute approximate surface area is 139 Å². The molecule has 1 aromatic carbocycles. The van der Waals surface area contributed by atoms with E-state index in [1.165, 1.54) is 6.21 Å². The highest BCUT2D eigenvalue weighted by molar-refractivity contribution is 7.80. The maximum Gasteiger partial charge on any atom is 0.263 e. The number of pyridine rings is 1. The Balaban J connectivity index is 2.39. The molecule has 3 N–H and O–H groups in total. The Kier molecular flexibility index (Phi) is 5.48. The number of benzene rings is 1. The van der Waals surface area contributed by atoms with Crippen molar-refractivity contribution in [2.45, 2.75) is 13.5 Å². The summed E-state index contributed by atoms with van der Waals surface area (Å²) in [7, 11) is 0. The van der Waals surface area contributed by atoms with Crippen molar-refractivity contribution >= 4 is 34.4 Å². The molecule has 0 aliphatic rings. The van der Waals surface area contributed by atoms with Crippen LogP contribution in [0, 0.1) is 0 Å². The summed E-state index contributed by atoms with van der Waals surface area (Å²) >= 11 is 5.00. The van der Waals surface area contributed by atoms with Crippen LogP contribution < -0.4 is 16.3 Å². The lowest BCUT2D eigenvalue weighted by atomic mass is 10.1. The number of hydrogen-bond acceptors (Lipinski definition) is 4. The van der Waals surface area contributed by atoms with Gasteiger partial charge in [0.25, 0.3) is 5.56 Å². The molecule has 1 heterocycles. The summed E-state index contributed by atoms with van der Waals surface area (Å²) in [4.78, 5) is 12.5. The number of fused-ring (bicyclic) bond motifs is 1. The van der Waals surface area contributed by atoms with Gasteiger partial charge in [0, 0.05) is 18.5 Å². The number of rotatable bonds is 5. The zero-order chi connectivity index (χ0) is 16.8. The number of aromatic nitrogens is 1. The average Bonchev–Trinajstić information content (AvgIpc) is 2.56. The van der Waals surface area contributed by atoms with Crippen molar-refractivity contribution < 1.29 is 5.11 Å². The van der Waals surface area contributed by atoms with E-state index in [1.54, 1.807) is 28.8 Å². The first-order valence-corrected chi connectivity index (χ1v) is 7.53. The maximum atomic E-state index is 12.5. The highest BCUT2D eigenvalue weighted by Gasteiger charge is 2.13. The van der Waals surface area contributed by atoms with Gasteiger partial charge in [-0.1, -0.05) is 18.2 Å². The first-order valence-electron chi connectivity index (χ1n) is 7.12. The van der Waals surface area contributed by atoms with Crippen LogP contribution in [0.1, 0.15) is 12.5 Å². The van der Waals surface area contributed by atoms with Crippen molar-refractivity contribution in [3.8, 4) is 5.75 Å². The number of thiocarbonyl (C=S) groups is 1. The molecule has 6 nitrogen and oxygen atoms in total. The van der Waals surface area contributed by atoms with Crippen LogP contribution in [-0.4, -0.2) is 27.5 Å². The Morgan fingerprint density at radius 1 is 1.48 bits per heavy atom. The average molecular weight is 330 g/mol. The summed E-state index contributed by atoms with van der Waals surface area (Å²) < 4.78 is 1.59. The van der Waals surface area contributed by atoms with Gasteiger partial charge in [-0.3, -0.25) is 10.2 Å². The number of hydrogen-bond donors (Lipinski definition) is 3. The second-order valence-electron chi connectivity index (χ2n) is 4.70. The Bertz CT molecular complexity index is 827. The van der Waals surface area contributed by atoms with Gasteiger partial charge in [0.2, 0.25) is 0 Å². The molecule has 0 atom stereocenters. The molecule has 0 saturated carbocycles. The van der Waals surface area contributed by atoms with E-state index in [0.717, 1.165) is 0 Å².